The van der Waals surface area contributed by atoms with Gasteiger partial charge in [0.25, 0.3) is 0 Å². The summed E-state index contributed by atoms with van der Waals surface area (Å²) in [5, 5.41) is 1.18. The lowest BCUT2D eigenvalue weighted by molar-refractivity contribution is -0.130. The summed E-state index contributed by atoms with van der Waals surface area (Å²) in [7, 11) is 0. The molecule has 25 heavy (non-hydrogen) atoms. The predicted octanol–water partition coefficient (Wildman–Crippen LogP) is 3.33. The Kier molecular flexibility index (Phi) is 4.32. The molecule has 1 atom stereocenters. The molecular weight excluding hydrogens is 317 g/mol. The minimum atomic E-state index is -0.386. The van der Waals surface area contributed by atoms with E-state index in [4.69, 9.17) is 0 Å². The topological polar surface area (TPSA) is 36.4 Å². The fourth-order valence-corrected chi connectivity index (χ4v) is 4.23. The highest BCUT2D eigenvalue weighted by Crippen LogP contribution is 2.31. The van der Waals surface area contributed by atoms with Crippen LogP contribution in [0.4, 0.5) is 10.1 Å². The van der Waals surface area contributed by atoms with Gasteiger partial charge in [-0.3, -0.25) is 14.2 Å². The first-order chi connectivity index (χ1) is 12.2. The highest BCUT2D eigenvalue weighted by atomic mass is 19.1. The zero-order valence-corrected chi connectivity index (χ0v) is 14.6. The molecule has 0 bridgehead atoms. The lowest BCUT2D eigenvalue weighted by atomic mass is 10.0. The van der Waals surface area contributed by atoms with Gasteiger partial charge in [0.15, 0.2) is 0 Å². The molecule has 2 aliphatic heterocycles. The maximum Gasteiger partial charge on any atom is 0.223 e. The summed E-state index contributed by atoms with van der Waals surface area (Å²) < 4.78 is 12.9. The zero-order chi connectivity index (χ0) is 17.4. The monoisotopic (exact) mass is 341 g/mol. The van der Waals surface area contributed by atoms with Crippen LogP contribution in [-0.2, 0) is 4.79 Å². The smallest absolute Gasteiger partial charge is 0.223 e. The Morgan fingerprint density at radius 2 is 2.00 bits per heavy atom. The van der Waals surface area contributed by atoms with Crippen molar-refractivity contribution in [3.05, 3.63) is 36.0 Å². The second kappa shape index (κ2) is 6.62. The summed E-state index contributed by atoms with van der Waals surface area (Å²) in [6.45, 7) is 4.08. The molecule has 0 aliphatic carbocycles. The third-order valence-corrected chi connectivity index (χ3v) is 5.53. The van der Waals surface area contributed by atoms with Gasteiger partial charge in [-0.1, -0.05) is 18.2 Å². The van der Waals surface area contributed by atoms with Gasteiger partial charge in [0, 0.05) is 54.8 Å². The molecule has 4 nitrogen and oxygen atoms in total. The van der Waals surface area contributed by atoms with Crippen LogP contribution in [0.2, 0.25) is 0 Å². The highest BCUT2D eigenvalue weighted by molar-refractivity contribution is 5.92. The van der Waals surface area contributed by atoms with Crippen LogP contribution in [0.5, 0.6) is 0 Å². The number of hydrogen-bond donors (Lipinski definition) is 0. The van der Waals surface area contributed by atoms with Crippen LogP contribution < -0.4 is 4.90 Å². The molecule has 1 unspecified atom stereocenters. The van der Waals surface area contributed by atoms with Crippen LogP contribution in [0.15, 0.2) is 30.3 Å². The van der Waals surface area contributed by atoms with E-state index in [0.29, 0.717) is 13.0 Å². The lowest BCUT2D eigenvalue weighted by Gasteiger charge is -2.38. The Morgan fingerprint density at radius 1 is 1.24 bits per heavy atom. The molecule has 0 N–H and O–H groups in total. The number of likely N-dealkylation sites (tertiary alicyclic amines) is 1. The van der Waals surface area contributed by atoms with E-state index >= 15 is 0 Å². The SMILES string of the molecule is Cc1cc(N2CCC(N3CC(CF)CC3=O)CC2)c2ccccc2n1. The lowest BCUT2D eigenvalue weighted by Crippen LogP contribution is -2.45. The van der Waals surface area contributed by atoms with Gasteiger partial charge in [-0.25, -0.2) is 0 Å². The Hall–Kier alpha value is -2.17. The molecule has 1 aromatic heterocycles. The highest BCUT2D eigenvalue weighted by Gasteiger charge is 2.35. The number of fused-ring (bicyclic) bond motifs is 1. The van der Waals surface area contributed by atoms with E-state index < -0.39 is 0 Å². The summed E-state index contributed by atoms with van der Waals surface area (Å²) in [6.07, 6.45) is 2.27. The molecule has 3 heterocycles. The minimum absolute atomic E-state index is 0.0997. The standard InChI is InChI=1S/C20H24FN3O/c1-14-10-19(17-4-2-3-5-18(17)22-14)23-8-6-16(7-9-23)24-13-15(12-21)11-20(24)25/h2-5,10,15-16H,6-9,11-13H2,1H3. The van der Waals surface area contributed by atoms with Gasteiger partial charge >= 0.3 is 0 Å². The quantitative estimate of drug-likeness (QED) is 0.859. The van der Waals surface area contributed by atoms with Gasteiger partial charge in [0.05, 0.1) is 12.2 Å². The number of carbonyl (C=O) groups is 1. The number of piperidine rings is 1. The van der Waals surface area contributed by atoms with E-state index in [-0.39, 0.29) is 24.5 Å². The molecule has 2 aliphatic rings. The second-order valence-electron chi connectivity index (χ2n) is 7.29. The third kappa shape index (κ3) is 3.08. The number of para-hydroxylation sites is 1. The molecule has 1 amide bonds. The fraction of sp³-hybridized carbons (Fsp3) is 0.500. The van der Waals surface area contributed by atoms with Gasteiger partial charge in [-0.05, 0) is 31.9 Å². The van der Waals surface area contributed by atoms with Crippen LogP contribution in [-0.4, -0.2) is 48.1 Å². The summed E-state index contributed by atoms with van der Waals surface area (Å²) in [5.74, 6) is 0.0311. The van der Waals surface area contributed by atoms with Crippen molar-refractivity contribution in [3.63, 3.8) is 0 Å². The van der Waals surface area contributed by atoms with Gasteiger partial charge < -0.3 is 9.80 Å². The number of hydrogen-bond acceptors (Lipinski definition) is 3. The molecule has 132 valence electrons. The number of rotatable bonds is 3. The average Bonchev–Trinajstić information content (AvgIpc) is 3.02. The molecule has 1 aromatic carbocycles. The van der Waals surface area contributed by atoms with Crippen LogP contribution in [0.25, 0.3) is 10.9 Å². The molecule has 2 saturated heterocycles. The molecule has 0 radical (unpaired) electrons. The van der Waals surface area contributed by atoms with E-state index in [0.717, 1.165) is 37.1 Å². The Bertz CT molecular complexity index is 786. The van der Waals surface area contributed by atoms with Crippen LogP contribution in [0.1, 0.15) is 25.0 Å². The largest absolute Gasteiger partial charge is 0.371 e. The zero-order valence-electron chi connectivity index (χ0n) is 14.6. The van der Waals surface area contributed by atoms with E-state index in [1.807, 2.05) is 17.9 Å². The first-order valence-electron chi connectivity index (χ1n) is 9.12. The van der Waals surface area contributed by atoms with Gasteiger partial charge in [-0.15, -0.1) is 0 Å². The number of anilines is 1. The first kappa shape index (κ1) is 16.3. The number of carbonyl (C=O) groups excluding carboxylic acids is 1. The number of halogens is 1. The van der Waals surface area contributed by atoms with Crippen molar-refractivity contribution < 1.29 is 9.18 Å². The van der Waals surface area contributed by atoms with Crippen molar-refractivity contribution in [3.8, 4) is 0 Å². The van der Waals surface area contributed by atoms with Crippen molar-refractivity contribution in [2.45, 2.75) is 32.2 Å². The number of aromatic nitrogens is 1. The molecule has 0 saturated carbocycles. The maximum atomic E-state index is 12.9. The summed E-state index contributed by atoms with van der Waals surface area (Å²) >= 11 is 0. The number of pyridine rings is 1. The van der Waals surface area contributed by atoms with E-state index in [1.54, 1.807) is 0 Å². The van der Waals surface area contributed by atoms with E-state index in [1.165, 1.54) is 11.1 Å². The van der Waals surface area contributed by atoms with Gasteiger partial charge in [0.1, 0.15) is 0 Å². The Morgan fingerprint density at radius 3 is 2.72 bits per heavy atom. The number of benzene rings is 1. The number of amides is 1. The summed E-state index contributed by atoms with van der Waals surface area (Å²) in [4.78, 5) is 21.1. The first-order valence-corrected chi connectivity index (χ1v) is 9.12. The van der Waals surface area contributed by atoms with Crippen LogP contribution in [0.3, 0.4) is 0 Å². The maximum absolute atomic E-state index is 12.9. The summed E-state index contributed by atoms with van der Waals surface area (Å²) in [5.41, 5.74) is 3.28. The van der Waals surface area contributed by atoms with Crippen LogP contribution >= 0.6 is 0 Å². The molecule has 0 spiro atoms. The minimum Gasteiger partial charge on any atom is -0.371 e. The van der Waals surface area contributed by atoms with E-state index in [9.17, 15) is 9.18 Å². The fourth-order valence-electron chi connectivity index (χ4n) is 4.23. The van der Waals surface area contributed by atoms with Crippen molar-refractivity contribution in [2.75, 3.05) is 31.2 Å². The van der Waals surface area contributed by atoms with Gasteiger partial charge in [0.2, 0.25) is 5.91 Å². The van der Waals surface area contributed by atoms with Crippen molar-refractivity contribution in [2.24, 2.45) is 5.92 Å². The number of nitrogens with zero attached hydrogens (tertiary/aromatic N) is 3. The Labute approximate surface area is 147 Å². The average molecular weight is 341 g/mol. The molecule has 4 rings (SSSR count). The van der Waals surface area contributed by atoms with Crippen LogP contribution in [0, 0.1) is 12.8 Å². The molecular formula is C20H24FN3O. The molecule has 2 aromatic rings. The third-order valence-electron chi connectivity index (χ3n) is 5.53. The molecule has 5 heteroatoms. The Balaban J connectivity index is 1.50. The number of aryl methyl sites for hydroxylation is 1. The molecule has 2 fully saturated rings. The van der Waals surface area contributed by atoms with Crippen molar-refractivity contribution in [1.29, 1.82) is 0 Å². The van der Waals surface area contributed by atoms with Gasteiger partial charge in [-0.2, -0.15) is 0 Å². The van der Waals surface area contributed by atoms with Crippen molar-refractivity contribution in [1.82, 2.24) is 9.88 Å². The van der Waals surface area contributed by atoms with E-state index in [2.05, 4.69) is 34.1 Å². The normalized spacial score (nSPS) is 22.2. The summed E-state index contributed by atoms with van der Waals surface area (Å²) in [6, 6.07) is 10.7. The predicted molar refractivity (Wildman–Crippen MR) is 97.5 cm³/mol. The van der Waals surface area contributed by atoms with Crippen molar-refractivity contribution >= 4 is 22.5 Å². The number of alkyl halides is 1. The second-order valence-corrected chi connectivity index (χ2v) is 7.29.